The highest BCUT2D eigenvalue weighted by atomic mass is 16.5. The summed E-state index contributed by atoms with van der Waals surface area (Å²) in [7, 11) is 0. The molecular formula is C12H8N2O5. The van der Waals surface area contributed by atoms with Crippen molar-refractivity contribution >= 4 is 11.9 Å². The summed E-state index contributed by atoms with van der Waals surface area (Å²) < 4.78 is 5.23. The second kappa shape index (κ2) is 5.13. The molecule has 0 bridgehead atoms. The van der Waals surface area contributed by atoms with Crippen molar-refractivity contribution in [1.29, 1.82) is 0 Å². The minimum Gasteiger partial charge on any atom is -0.478 e. The van der Waals surface area contributed by atoms with Gasteiger partial charge in [-0.1, -0.05) is 6.07 Å². The number of carboxylic acids is 2. The average Bonchev–Trinajstić information content (AvgIpc) is 2.39. The van der Waals surface area contributed by atoms with Crippen molar-refractivity contribution in [1.82, 2.24) is 9.97 Å². The summed E-state index contributed by atoms with van der Waals surface area (Å²) in [6.07, 6.45) is 1.14. The Balaban J connectivity index is 2.19. The maximum absolute atomic E-state index is 10.7. The summed E-state index contributed by atoms with van der Waals surface area (Å²) in [5.74, 6) is -2.07. The molecule has 0 saturated carbocycles. The van der Waals surface area contributed by atoms with E-state index in [1.807, 2.05) is 0 Å². The fourth-order valence-electron chi connectivity index (χ4n) is 1.27. The SMILES string of the molecule is O=C(O)c1ccc(Oc2cccc(C(=O)O)n2)nc1. The normalized spacial score (nSPS) is 9.89. The van der Waals surface area contributed by atoms with Crippen LogP contribution in [-0.2, 0) is 0 Å². The smallest absolute Gasteiger partial charge is 0.354 e. The predicted molar refractivity (Wildman–Crippen MR) is 62.5 cm³/mol. The van der Waals surface area contributed by atoms with Crippen molar-refractivity contribution < 1.29 is 24.5 Å². The van der Waals surface area contributed by atoms with E-state index in [1.54, 1.807) is 0 Å². The molecule has 0 spiro atoms. The Labute approximate surface area is 107 Å². The van der Waals surface area contributed by atoms with Crippen LogP contribution >= 0.6 is 0 Å². The second-order valence-corrected chi connectivity index (χ2v) is 3.46. The van der Waals surface area contributed by atoms with Gasteiger partial charge in [0.2, 0.25) is 11.8 Å². The molecule has 0 atom stereocenters. The Morgan fingerprint density at radius 1 is 1.00 bits per heavy atom. The van der Waals surface area contributed by atoms with Gasteiger partial charge in [-0.3, -0.25) is 0 Å². The Bertz CT molecular complexity index is 624. The number of aromatic nitrogens is 2. The Kier molecular flexibility index (Phi) is 3.37. The molecule has 19 heavy (non-hydrogen) atoms. The first-order valence-corrected chi connectivity index (χ1v) is 5.14. The van der Waals surface area contributed by atoms with Crippen molar-refractivity contribution in [2.24, 2.45) is 0 Å². The van der Waals surface area contributed by atoms with E-state index >= 15 is 0 Å². The summed E-state index contributed by atoms with van der Waals surface area (Å²) in [4.78, 5) is 28.9. The molecule has 0 amide bonds. The monoisotopic (exact) mass is 260 g/mol. The number of carbonyl (C=O) groups is 2. The first-order chi connectivity index (χ1) is 9.06. The van der Waals surface area contributed by atoms with Crippen LogP contribution < -0.4 is 4.74 Å². The number of nitrogens with zero attached hydrogens (tertiary/aromatic N) is 2. The highest BCUT2D eigenvalue weighted by molar-refractivity contribution is 5.87. The zero-order valence-corrected chi connectivity index (χ0v) is 9.48. The van der Waals surface area contributed by atoms with Crippen LogP contribution in [0.4, 0.5) is 0 Å². The van der Waals surface area contributed by atoms with Crippen molar-refractivity contribution in [3.05, 3.63) is 47.8 Å². The van der Waals surface area contributed by atoms with Crippen LogP contribution in [0.3, 0.4) is 0 Å². The van der Waals surface area contributed by atoms with E-state index in [1.165, 1.54) is 30.3 Å². The van der Waals surface area contributed by atoms with Gasteiger partial charge in [0.15, 0.2) is 5.69 Å². The van der Waals surface area contributed by atoms with Gasteiger partial charge in [-0.2, -0.15) is 0 Å². The molecule has 0 aliphatic rings. The van der Waals surface area contributed by atoms with Crippen LogP contribution in [-0.4, -0.2) is 32.1 Å². The van der Waals surface area contributed by atoms with E-state index < -0.39 is 11.9 Å². The zero-order chi connectivity index (χ0) is 13.8. The van der Waals surface area contributed by atoms with Crippen LogP contribution in [0.2, 0.25) is 0 Å². The summed E-state index contributed by atoms with van der Waals surface area (Å²) in [6.45, 7) is 0. The van der Waals surface area contributed by atoms with Gasteiger partial charge in [0.25, 0.3) is 0 Å². The van der Waals surface area contributed by atoms with E-state index in [2.05, 4.69) is 9.97 Å². The van der Waals surface area contributed by atoms with Gasteiger partial charge in [-0.05, 0) is 12.1 Å². The Hall–Kier alpha value is -2.96. The third-order valence-corrected chi connectivity index (χ3v) is 2.14. The van der Waals surface area contributed by atoms with Gasteiger partial charge >= 0.3 is 11.9 Å². The molecule has 0 unspecified atom stereocenters. The maximum Gasteiger partial charge on any atom is 0.354 e. The van der Waals surface area contributed by atoms with Crippen LogP contribution in [0.5, 0.6) is 11.8 Å². The molecule has 2 heterocycles. The minimum absolute atomic E-state index is 0.0274. The molecule has 2 aromatic rings. The van der Waals surface area contributed by atoms with Crippen LogP contribution in [0.25, 0.3) is 0 Å². The highest BCUT2D eigenvalue weighted by Gasteiger charge is 2.08. The second-order valence-electron chi connectivity index (χ2n) is 3.46. The number of hydrogen-bond donors (Lipinski definition) is 2. The largest absolute Gasteiger partial charge is 0.478 e. The quantitative estimate of drug-likeness (QED) is 0.860. The number of ether oxygens (including phenoxy) is 1. The van der Waals surface area contributed by atoms with Gasteiger partial charge in [0.1, 0.15) is 0 Å². The molecule has 0 radical (unpaired) electrons. The zero-order valence-electron chi connectivity index (χ0n) is 9.48. The third-order valence-electron chi connectivity index (χ3n) is 2.14. The summed E-state index contributed by atoms with van der Waals surface area (Å²) in [5, 5.41) is 17.5. The van der Waals surface area contributed by atoms with Crippen LogP contribution in [0.15, 0.2) is 36.5 Å². The fraction of sp³-hybridized carbons (Fsp3) is 0. The molecule has 96 valence electrons. The topological polar surface area (TPSA) is 110 Å². The Morgan fingerprint density at radius 3 is 2.37 bits per heavy atom. The summed E-state index contributed by atoms with van der Waals surface area (Å²) in [6, 6.07) is 6.97. The number of hydrogen-bond acceptors (Lipinski definition) is 5. The Morgan fingerprint density at radius 2 is 1.79 bits per heavy atom. The molecule has 7 nitrogen and oxygen atoms in total. The number of aromatic carboxylic acids is 2. The molecule has 0 aromatic carbocycles. The lowest BCUT2D eigenvalue weighted by Crippen LogP contribution is -2.01. The van der Waals surface area contributed by atoms with E-state index in [4.69, 9.17) is 14.9 Å². The first kappa shape index (κ1) is 12.5. The summed E-state index contributed by atoms with van der Waals surface area (Å²) in [5.41, 5.74) is -0.126. The molecule has 0 fully saturated rings. The average molecular weight is 260 g/mol. The first-order valence-electron chi connectivity index (χ1n) is 5.14. The third kappa shape index (κ3) is 3.03. The molecule has 2 rings (SSSR count). The van der Waals surface area contributed by atoms with Crippen LogP contribution in [0, 0.1) is 0 Å². The van der Waals surface area contributed by atoms with E-state index in [0.29, 0.717) is 0 Å². The van der Waals surface area contributed by atoms with Crippen molar-refractivity contribution in [3.8, 4) is 11.8 Å². The lowest BCUT2D eigenvalue weighted by molar-refractivity contribution is 0.0681. The molecule has 0 aliphatic heterocycles. The van der Waals surface area contributed by atoms with Crippen LogP contribution in [0.1, 0.15) is 20.8 Å². The summed E-state index contributed by atoms with van der Waals surface area (Å²) >= 11 is 0. The van der Waals surface area contributed by atoms with Gasteiger partial charge in [0, 0.05) is 18.3 Å². The van der Waals surface area contributed by atoms with Gasteiger partial charge in [0.05, 0.1) is 5.56 Å². The molecular weight excluding hydrogens is 252 g/mol. The van der Waals surface area contributed by atoms with E-state index in [9.17, 15) is 9.59 Å². The molecule has 2 aromatic heterocycles. The highest BCUT2D eigenvalue weighted by Crippen LogP contribution is 2.17. The minimum atomic E-state index is -1.17. The van der Waals surface area contributed by atoms with E-state index in [-0.39, 0.29) is 23.0 Å². The fourth-order valence-corrected chi connectivity index (χ4v) is 1.27. The molecule has 2 N–H and O–H groups in total. The molecule has 7 heteroatoms. The number of pyridine rings is 2. The lowest BCUT2D eigenvalue weighted by Gasteiger charge is -2.04. The lowest BCUT2D eigenvalue weighted by atomic mass is 10.3. The van der Waals surface area contributed by atoms with Crippen molar-refractivity contribution in [3.63, 3.8) is 0 Å². The standard InChI is InChI=1S/C12H8N2O5/c15-11(16)7-4-5-9(13-6-7)19-10-3-1-2-8(14-10)12(17)18/h1-6H,(H,15,16)(H,17,18). The van der Waals surface area contributed by atoms with Gasteiger partial charge in [-0.15, -0.1) is 0 Å². The number of carboxylic acid groups (broad SMARTS) is 2. The van der Waals surface area contributed by atoms with Crippen molar-refractivity contribution in [2.75, 3.05) is 0 Å². The number of rotatable bonds is 4. The molecule has 0 aliphatic carbocycles. The van der Waals surface area contributed by atoms with Gasteiger partial charge < -0.3 is 14.9 Å². The maximum atomic E-state index is 10.7. The molecule has 0 saturated heterocycles. The van der Waals surface area contributed by atoms with Gasteiger partial charge in [-0.25, -0.2) is 19.6 Å². The van der Waals surface area contributed by atoms with Crippen molar-refractivity contribution in [2.45, 2.75) is 0 Å². The van der Waals surface area contributed by atoms with E-state index in [0.717, 1.165) is 6.20 Å². The predicted octanol–water partition coefficient (Wildman–Crippen LogP) is 1.67.